The number of thiazole rings is 1. The molecule has 3 aromatic rings. The van der Waals surface area contributed by atoms with Crippen molar-refractivity contribution in [2.75, 3.05) is 18.7 Å². The van der Waals surface area contributed by atoms with Crippen molar-refractivity contribution in [3.63, 3.8) is 0 Å². The van der Waals surface area contributed by atoms with Crippen molar-refractivity contribution in [3.05, 3.63) is 54.1 Å². The monoisotopic (exact) mass is 381 g/mol. The summed E-state index contributed by atoms with van der Waals surface area (Å²) >= 11 is 1.69. The third-order valence-corrected chi connectivity index (χ3v) is 6.27. The van der Waals surface area contributed by atoms with Crippen molar-refractivity contribution >= 4 is 32.4 Å². The Kier molecular flexibility index (Phi) is 5.69. The van der Waals surface area contributed by atoms with E-state index in [0.717, 1.165) is 29.7 Å². The summed E-state index contributed by atoms with van der Waals surface area (Å²) in [5.41, 5.74) is 6.95. The van der Waals surface area contributed by atoms with Gasteiger partial charge in [-0.25, -0.2) is 15.4 Å². The van der Waals surface area contributed by atoms with Crippen LogP contribution < -0.4 is 16.1 Å². The van der Waals surface area contributed by atoms with E-state index < -0.39 is 0 Å². The first-order chi connectivity index (χ1) is 13.3. The largest absolute Gasteiger partial charge is 0.332 e. The quantitative estimate of drug-likeness (QED) is 0.547. The summed E-state index contributed by atoms with van der Waals surface area (Å²) in [6.45, 7) is 6.29. The second kappa shape index (κ2) is 8.35. The van der Waals surface area contributed by atoms with Gasteiger partial charge < -0.3 is 5.32 Å². The van der Waals surface area contributed by atoms with Gasteiger partial charge in [0.2, 0.25) is 0 Å². The summed E-state index contributed by atoms with van der Waals surface area (Å²) in [7, 11) is 0. The number of fused-ring (bicyclic) bond motifs is 1. The Morgan fingerprint density at radius 1 is 1.11 bits per heavy atom. The number of anilines is 2. The number of hydrogen-bond donors (Lipinski definition) is 3. The second-order valence-electron chi connectivity index (χ2n) is 6.97. The van der Waals surface area contributed by atoms with E-state index in [2.05, 4.69) is 82.4 Å². The van der Waals surface area contributed by atoms with E-state index in [1.54, 1.807) is 11.3 Å². The lowest BCUT2D eigenvalue weighted by Gasteiger charge is -2.33. The van der Waals surface area contributed by atoms with Crippen LogP contribution in [0.3, 0.4) is 0 Å². The van der Waals surface area contributed by atoms with E-state index in [4.69, 9.17) is 0 Å². The maximum absolute atomic E-state index is 4.66. The van der Waals surface area contributed by atoms with Crippen LogP contribution in [0.5, 0.6) is 0 Å². The van der Waals surface area contributed by atoms with Crippen molar-refractivity contribution in [3.8, 4) is 0 Å². The minimum Gasteiger partial charge on any atom is -0.332 e. The maximum Gasteiger partial charge on any atom is 0.188 e. The van der Waals surface area contributed by atoms with Gasteiger partial charge in [0.15, 0.2) is 5.13 Å². The van der Waals surface area contributed by atoms with E-state index in [0.29, 0.717) is 12.0 Å². The van der Waals surface area contributed by atoms with Crippen LogP contribution in [0, 0.1) is 5.92 Å². The first-order valence-corrected chi connectivity index (χ1v) is 10.5. The molecule has 0 radical (unpaired) electrons. The fourth-order valence-corrected chi connectivity index (χ4v) is 4.73. The lowest BCUT2D eigenvalue weighted by atomic mass is 9.88. The first kappa shape index (κ1) is 18.4. The summed E-state index contributed by atoms with van der Waals surface area (Å²) in [6, 6.07) is 17.5. The molecule has 1 aliphatic heterocycles. The average molecular weight is 382 g/mol. The van der Waals surface area contributed by atoms with Gasteiger partial charge in [0, 0.05) is 5.69 Å². The zero-order valence-electron chi connectivity index (χ0n) is 15.9. The maximum atomic E-state index is 4.66. The third kappa shape index (κ3) is 3.99. The molecular weight excluding hydrogens is 354 g/mol. The molecule has 1 aromatic heterocycles. The van der Waals surface area contributed by atoms with Gasteiger partial charge in [-0.15, -0.1) is 0 Å². The molecule has 2 aromatic carbocycles. The van der Waals surface area contributed by atoms with E-state index in [1.165, 1.54) is 23.1 Å². The average Bonchev–Trinajstić information content (AvgIpc) is 3.36. The highest BCUT2D eigenvalue weighted by molar-refractivity contribution is 7.22. The highest BCUT2D eigenvalue weighted by Crippen LogP contribution is 2.34. The second-order valence-corrected chi connectivity index (χ2v) is 8.00. The van der Waals surface area contributed by atoms with Gasteiger partial charge in [0.25, 0.3) is 0 Å². The Bertz CT molecular complexity index is 831. The zero-order chi connectivity index (χ0) is 18.6. The predicted octanol–water partition coefficient (Wildman–Crippen LogP) is 4.84. The standard InChI is InChI=1S/C21H27N5S/c1-3-15(4-2)20(26-14-22-13-23-26)16-9-11-17(12-10-16)24-21-25-18-7-5-6-8-19(18)27-21/h5-12,15,20,22-23H,3-4,13-14H2,1-2H3,(H,24,25). The summed E-state index contributed by atoms with van der Waals surface area (Å²) in [4.78, 5) is 4.66. The molecule has 1 unspecified atom stereocenters. The van der Waals surface area contributed by atoms with Gasteiger partial charge in [-0.3, -0.25) is 5.32 Å². The minimum absolute atomic E-state index is 0.381. The smallest absolute Gasteiger partial charge is 0.188 e. The van der Waals surface area contributed by atoms with Crippen LogP contribution in [0.4, 0.5) is 10.8 Å². The van der Waals surface area contributed by atoms with Crippen molar-refractivity contribution < 1.29 is 0 Å². The first-order valence-electron chi connectivity index (χ1n) is 9.72. The van der Waals surface area contributed by atoms with Crippen LogP contribution in [0.15, 0.2) is 48.5 Å². The number of benzene rings is 2. The molecule has 0 amide bonds. The van der Waals surface area contributed by atoms with Gasteiger partial charge in [-0.05, 0) is 35.7 Å². The topological polar surface area (TPSA) is 52.2 Å². The molecule has 0 spiro atoms. The summed E-state index contributed by atoms with van der Waals surface area (Å²) < 4.78 is 1.21. The van der Waals surface area contributed by atoms with Crippen LogP contribution in [0.2, 0.25) is 0 Å². The lowest BCUT2D eigenvalue weighted by Crippen LogP contribution is -2.38. The Morgan fingerprint density at radius 2 is 1.89 bits per heavy atom. The number of nitrogens with zero attached hydrogens (tertiary/aromatic N) is 2. The van der Waals surface area contributed by atoms with Gasteiger partial charge in [-0.1, -0.05) is 62.3 Å². The normalized spacial score (nSPS) is 16.3. The number of para-hydroxylation sites is 1. The van der Waals surface area contributed by atoms with Crippen LogP contribution >= 0.6 is 11.3 Å². The van der Waals surface area contributed by atoms with Crippen LogP contribution in [0.1, 0.15) is 38.3 Å². The number of aromatic nitrogens is 1. The molecule has 142 valence electrons. The Labute approximate surface area is 164 Å². The molecule has 0 saturated carbocycles. The van der Waals surface area contributed by atoms with Gasteiger partial charge in [-0.2, -0.15) is 0 Å². The molecule has 27 heavy (non-hydrogen) atoms. The summed E-state index contributed by atoms with van der Waals surface area (Å²) in [6.07, 6.45) is 2.34. The Balaban J connectivity index is 1.54. The van der Waals surface area contributed by atoms with Gasteiger partial charge in [0.1, 0.15) is 0 Å². The zero-order valence-corrected chi connectivity index (χ0v) is 16.7. The van der Waals surface area contributed by atoms with E-state index >= 15 is 0 Å². The Hall–Kier alpha value is -1.99. The molecular formula is C21H27N5S. The molecule has 3 N–H and O–H groups in total. The van der Waals surface area contributed by atoms with Crippen molar-refractivity contribution in [1.29, 1.82) is 0 Å². The van der Waals surface area contributed by atoms with Gasteiger partial charge >= 0.3 is 0 Å². The van der Waals surface area contributed by atoms with E-state index in [-0.39, 0.29) is 0 Å². The van der Waals surface area contributed by atoms with E-state index in [1.807, 2.05) is 6.07 Å². The molecule has 5 nitrogen and oxygen atoms in total. The molecule has 0 aliphatic carbocycles. The molecule has 1 atom stereocenters. The number of hydrazine groups is 1. The predicted molar refractivity (Wildman–Crippen MR) is 114 cm³/mol. The molecule has 2 heterocycles. The number of nitrogens with one attached hydrogen (secondary N) is 3. The van der Waals surface area contributed by atoms with Crippen LogP contribution in [-0.4, -0.2) is 23.3 Å². The Morgan fingerprint density at radius 3 is 2.56 bits per heavy atom. The van der Waals surface area contributed by atoms with Crippen LogP contribution in [0.25, 0.3) is 10.2 Å². The van der Waals surface area contributed by atoms with Gasteiger partial charge in [0.05, 0.1) is 29.6 Å². The minimum atomic E-state index is 0.381. The number of rotatable bonds is 7. The van der Waals surface area contributed by atoms with Crippen molar-refractivity contribution in [2.24, 2.45) is 5.92 Å². The highest BCUT2D eigenvalue weighted by atomic mass is 32.1. The molecule has 1 saturated heterocycles. The molecule has 4 rings (SSSR count). The third-order valence-electron chi connectivity index (χ3n) is 5.32. The molecule has 6 heteroatoms. The highest BCUT2D eigenvalue weighted by Gasteiger charge is 2.28. The van der Waals surface area contributed by atoms with Crippen molar-refractivity contribution in [1.82, 2.24) is 20.7 Å². The number of hydrogen-bond acceptors (Lipinski definition) is 6. The molecule has 1 fully saturated rings. The fraction of sp³-hybridized carbons (Fsp3) is 0.381. The SMILES string of the molecule is CCC(CC)C(c1ccc(Nc2nc3ccccc3s2)cc1)N1CNCN1. The van der Waals surface area contributed by atoms with Crippen molar-refractivity contribution in [2.45, 2.75) is 32.7 Å². The summed E-state index contributed by atoms with van der Waals surface area (Å²) in [5.74, 6) is 0.625. The molecule has 0 bridgehead atoms. The van der Waals surface area contributed by atoms with Crippen LogP contribution in [-0.2, 0) is 0 Å². The fourth-order valence-electron chi connectivity index (χ4n) is 3.84. The lowest BCUT2D eigenvalue weighted by molar-refractivity contribution is 0.114. The molecule has 1 aliphatic rings. The van der Waals surface area contributed by atoms with E-state index in [9.17, 15) is 0 Å². The summed E-state index contributed by atoms with van der Waals surface area (Å²) in [5, 5.41) is 10.1.